The minimum absolute atomic E-state index is 0.0795. The quantitative estimate of drug-likeness (QED) is 0.419. The number of hydrogen-bond donors (Lipinski definition) is 1. The highest BCUT2D eigenvalue weighted by Crippen LogP contribution is 2.43. The van der Waals surface area contributed by atoms with Gasteiger partial charge in [-0.15, -0.1) is 0 Å². The Labute approximate surface area is 193 Å². The SMILES string of the molecule is O=[N+]([O-])c1ccccc1S(=O)(=O)N1C[C@@H](c2ccccc2)C[C@@](CO)(Cc2ccccc2)C1. The van der Waals surface area contributed by atoms with E-state index in [1.165, 1.54) is 28.6 Å². The molecule has 0 aliphatic carbocycles. The lowest BCUT2D eigenvalue weighted by atomic mass is 9.71. The summed E-state index contributed by atoms with van der Waals surface area (Å²) in [5, 5.41) is 22.1. The number of aliphatic hydroxyl groups is 1. The fourth-order valence-electron chi connectivity index (χ4n) is 4.76. The highest BCUT2D eigenvalue weighted by atomic mass is 32.2. The van der Waals surface area contributed by atoms with Gasteiger partial charge >= 0.3 is 0 Å². The Balaban J connectivity index is 1.78. The molecule has 0 spiro atoms. The van der Waals surface area contributed by atoms with E-state index in [1.54, 1.807) is 0 Å². The van der Waals surface area contributed by atoms with Crippen molar-refractivity contribution in [2.24, 2.45) is 5.41 Å². The molecule has 1 heterocycles. The summed E-state index contributed by atoms with van der Waals surface area (Å²) in [7, 11) is -4.17. The Morgan fingerprint density at radius 2 is 1.58 bits per heavy atom. The van der Waals surface area contributed by atoms with Crippen LogP contribution in [0.3, 0.4) is 0 Å². The van der Waals surface area contributed by atoms with Gasteiger partial charge < -0.3 is 5.11 Å². The van der Waals surface area contributed by atoms with Crippen LogP contribution in [0.5, 0.6) is 0 Å². The Bertz CT molecular complexity index is 1220. The number of rotatable bonds is 7. The molecule has 0 amide bonds. The van der Waals surface area contributed by atoms with Crippen LogP contribution in [-0.4, -0.2) is 42.4 Å². The first-order chi connectivity index (χ1) is 15.8. The van der Waals surface area contributed by atoms with Gasteiger partial charge in [-0.1, -0.05) is 72.8 Å². The minimum atomic E-state index is -4.17. The molecule has 2 atom stereocenters. The van der Waals surface area contributed by atoms with Gasteiger partial charge in [0.2, 0.25) is 10.0 Å². The molecule has 0 bridgehead atoms. The summed E-state index contributed by atoms with van der Waals surface area (Å²) < 4.78 is 28.7. The topological polar surface area (TPSA) is 101 Å². The molecule has 1 N–H and O–H groups in total. The number of benzene rings is 3. The summed E-state index contributed by atoms with van der Waals surface area (Å²) in [5.74, 6) is -0.159. The van der Waals surface area contributed by atoms with Crippen LogP contribution in [0.2, 0.25) is 0 Å². The molecule has 8 heteroatoms. The van der Waals surface area contributed by atoms with Gasteiger partial charge in [0.05, 0.1) is 11.5 Å². The van der Waals surface area contributed by atoms with Crippen molar-refractivity contribution in [3.8, 4) is 0 Å². The molecule has 33 heavy (non-hydrogen) atoms. The maximum Gasteiger partial charge on any atom is 0.289 e. The molecule has 172 valence electrons. The van der Waals surface area contributed by atoms with E-state index in [0.29, 0.717) is 12.8 Å². The number of sulfonamides is 1. The Hall–Kier alpha value is -3.07. The highest BCUT2D eigenvalue weighted by molar-refractivity contribution is 7.89. The van der Waals surface area contributed by atoms with Crippen molar-refractivity contribution in [2.45, 2.75) is 23.7 Å². The van der Waals surface area contributed by atoms with Crippen molar-refractivity contribution >= 4 is 15.7 Å². The molecular formula is C25H26N2O5S. The van der Waals surface area contributed by atoms with Crippen LogP contribution < -0.4 is 0 Å². The van der Waals surface area contributed by atoms with E-state index in [1.807, 2.05) is 60.7 Å². The van der Waals surface area contributed by atoms with Gasteiger partial charge in [0.1, 0.15) is 0 Å². The fraction of sp³-hybridized carbons (Fsp3) is 0.280. The van der Waals surface area contributed by atoms with Gasteiger partial charge in [-0.25, -0.2) is 8.42 Å². The van der Waals surface area contributed by atoms with Crippen LogP contribution in [0.25, 0.3) is 0 Å². The molecule has 3 aromatic carbocycles. The number of aliphatic hydroxyl groups excluding tert-OH is 1. The summed E-state index contributed by atoms with van der Waals surface area (Å²) in [6.45, 7) is 0.0686. The maximum absolute atomic E-state index is 13.7. The van der Waals surface area contributed by atoms with Gasteiger partial charge in [-0.2, -0.15) is 4.31 Å². The van der Waals surface area contributed by atoms with Gasteiger partial charge in [-0.3, -0.25) is 10.1 Å². The third kappa shape index (κ3) is 4.83. The molecule has 0 saturated carbocycles. The van der Waals surface area contributed by atoms with Gasteiger partial charge in [0.25, 0.3) is 5.69 Å². The molecule has 7 nitrogen and oxygen atoms in total. The number of piperidine rings is 1. The molecule has 1 aliphatic heterocycles. The van der Waals surface area contributed by atoms with Crippen LogP contribution in [-0.2, 0) is 16.4 Å². The third-order valence-electron chi connectivity index (χ3n) is 6.32. The molecule has 3 aromatic rings. The summed E-state index contributed by atoms with van der Waals surface area (Å²) >= 11 is 0. The number of nitrogens with zero attached hydrogens (tertiary/aromatic N) is 2. The van der Waals surface area contributed by atoms with Crippen molar-refractivity contribution in [1.82, 2.24) is 4.31 Å². The third-order valence-corrected chi connectivity index (χ3v) is 8.18. The van der Waals surface area contributed by atoms with E-state index >= 15 is 0 Å². The zero-order valence-corrected chi connectivity index (χ0v) is 18.9. The molecule has 0 aromatic heterocycles. The van der Waals surface area contributed by atoms with Crippen LogP contribution in [0, 0.1) is 15.5 Å². The Kier molecular flexibility index (Phi) is 6.60. The second-order valence-electron chi connectivity index (χ2n) is 8.65. The summed E-state index contributed by atoms with van der Waals surface area (Å²) in [4.78, 5) is 10.5. The summed E-state index contributed by atoms with van der Waals surface area (Å²) in [5.41, 5.74) is 0.808. The lowest BCUT2D eigenvalue weighted by Crippen LogP contribution is -2.51. The van der Waals surface area contributed by atoms with Gasteiger partial charge in [-0.05, 0) is 36.0 Å². The van der Waals surface area contributed by atoms with E-state index < -0.39 is 26.0 Å². The fourth-order valence-corrected chi connectivity index (χ4v) is 6.52. The molecule has 4 rings (SSSR count). The second kappa shape index (κ2) is 9.43. The lowest BCUT2D eigenvalue weighted by molar-refractivity contribution is -0.387. The van der Waals surface area contributed by atoms with E-state index in [9.17, 15) is 23.6 Å². The van der Waals surface area contributed by atoms with Crippen molar-refractivity contribution in [1.29, 1.82) is 0 Å². The summed E-state index contributed by atoms with van der Waals surface area (Å²) in [6, 6.07) is 24.7. The average Bonchev–Trinajstić information content (AvgIpc) is 2.85. The van der Waals surface area contributed by atoms with Gasteiger partial charge in [0.15, 0.2) is 4.90 Å². The molecular weight excluding hydrogens is 440 g/mol. The highest BCUT2D eigenvalue weighted by Gasteiger charge is 2.45. The number of hydrogen-bond acceptors (Lipinski definition) is 5. The predicted molar refractivity (Wildman–Crippen MR) is 125 cm³/mol. The Morgan fingerprint density at radius 1 is 0.970 bits per heavy atom. The predicted octanol–water partition coefficient (Wildman–Crippen LogP) is 3.99. The van der Waals surface area contributed by atoms with Crippen LogP contribution in [0.1, 0.15) is 23.5 Å². The van der Waals surface area contributed by atoms with Crippen molar-refractivity contribution in [3.63, 3.8) is 0 Å². The van der Waals surface area contributed by atoms with Crippen molar-refractivity contribution < 1.29 is 18.4 Å². The first-order valence-electron chi connectivity index (χ1n) is 10.8. The molecule has 1 saturated heterocycles. The van der Waals surface area contributed by atoms with Crippen molar-refractivity contribution in [2.75, 3.05) is 19.7 Å². The largest absolute Gasteiger partial charge is 0.396 e. The number of nitro benzene ring substituents is 1. The molecule has 1 aliphatic rings. The Morgan fingerprint density at radius 3 is 2.21 bits per heavy atom. The molecule has 0 radical (unpaired) electrons. The van der Waals surface area contributed by atoms with E-state index in [2.05, 4.69) is 0 Å². The zero-order valence-electron chi connectivity index (χ0n) is 18.1. The minimum Gasteiger partial charge on any atom is -0.396 e. The average molecular weight is 467 g/mol. The molecule has 0 unspecified atom stereocenters. The van der Waals surface area contributed by atoms with Crippen LogP contribution in [0.15, 0.2) is 89.8 Å². The standard InChI is InChI=1S/C25H26N2O5S/c28-19-25(15-20-9-3-1-4-10-20)16-22(21-11-5-2-6-12-21)17-26(18-25)33(31,32)24-14-8-7-13-23(24)27(29)30/h1-14,22,28H,15-19H2/t22-,25-/m0/s1. The smallest absolute Gasteiger partial charge is 0.289 e. The first-order valence-corrected chi connectivity index (χ1v) is 12.2. The number of para-hydroxylation sites is 1. The summed E-state index contributed by atoms with van der Waals surface area (Å²) in [6.07, 6.45) is 1.10. The first kappa shape index (κ1) is 23.1. The van der Waals surface area contributed by atoms with E-state index in [-0.39, 0.29) is 30.5 Å². The normalized spacial score (nSPS) is 21.5. The second-order valence-corrected chi connectivity index (χ2v) is 10.6. The molecule has 1 fully saturated rings. The lowest BCUT2D eigenvalue weighted by Gasteiger charge is -2.45. The maximum atomic E-state index is 13.7. The number of nitro groups is 1. The monoisotopic (exact) mass is 466 g/mol. The van der Waals surface area contributed by atoms with Gasteiger partial charge in [0, 0.05) is 24.6 Å². The van der Waals surface area contributed by atoms with E-state index in [4.69, 9.17) is 0 Å². The van der Waals surface area contributed by atoms with Crippen molar-refractivity contribution in [3.05, 3.63) is 106 Å². The zero-order chi connectivity index (χ0) is 23.5. The van der Waals surface area contributed by atoms with E-state index in [0.717, 1.165) is 11.1 Å². The van der Waals surface area contributed by atoms with Crippen LogP contribution >= 0.6 is 0 Å². The van der Waals surface area contributed by atoms with Crippen LogP contribution in [0.4, 0.5) is 5.69 Å².